The molecule has 1 unspecified atom stereocenters. The first-order valence-corrected chi connectivity index (χ1v) is 8.79. The van der Waals surface area contributed by atoms with Crippen molar-refractivity contribution in [3.63, 3.8) is 0 Å². The highest BCUT2D eigenvalue weighted by Crippen LogP contribution is 2.27. The molecule has 2 rings (SSSR count). The van der Waals surface area contributed by atoms with Crippen molar-refractivity contribution in [2.75, 3.05) is 18.9 Å². The minimum atomic E-state index is -3.58. The van der Waals surface area contributed by atoms with Crippen LogP contribution < -0.4 is 10.5 Å². The smallest absolute Gasteiger partial charge is 0.241 e. The molecule has 0 radical (unpaired) electrons. The van der Waals surface area contributed by atoms with Crippen molar-refractivity contribution in [3.8, 4) is 0 Å². The first-order chi connectivity index (χ1) is 9.83. The van der Waals surface area contributed by atoms with Gasteiger partial charge in [0.1, 0.15) is 0 Å². The SMILES string of the molecule is Cc1cc(N)c(C)c(S(=O)(=O)NCC2CCCCO2)c1C. The number of rotatable bonds is 4. The van der Waals surface area contributed by atoms with Crippen LogP contribution in [0.15, 0.2) is 11.0 Å². The minimum Gasteiger partial charge on any atom is -0.398 e. The molecule has 0 spiro atoms. The highest BCUT2D eigenvalue weighted by atomic mass is 32.2. The summed E-state index contributed by atoms with van der Waals surface area (Å²) in [7, 11) is -3.58. The average molecular weight is 312 g/mol. The van der Waals surface area contributed by atoms with E-state index in [4.69, 9.17) is 10.5 Å². The Hall–Kier alpha value is -1.11. The molecule has 21 heavy (non-hydrogen) atoms. The summed E-state index contributed by atoms with van der Waals surface area (Å²) in [4.78, 5) is 0.302. The molecule has 0 amide bonds. The molecule has 1 aromatic carbocycles. The van der Waals surface area contributed by atoms with Crippen molar-refractivity contribution in [3.05, 3.63) is 22.8 Å². The summed E-state index contributed by atoms with van der Waals surface area (Å²) < 4.78 is 33.4. The molecule has 0 bridgehead atoms. The first kappa shape index (κ1) is 16.3. The zero-order chi connectivity index (χ0) is 15.6. The van der Waals surface area contributed by atoms with Gasteiger partial charge in [-0.1, -0.05) is 0 Å². The van der Waals surface area contributed by atoms with E-state index in [0.29, 0.717) is 29.3 Å². The summed E-state index contributed by atoms with van der Waals surface area (Å²) in [5.41, 5.74) is 8.65. The standard InChI is InChI=1S/C15H24N2O3S/c1-10-8-14(16)12(3)15(11(10)2)21(18,19)17-9-13-6-4-5-7-20-13/h8,13,17H,4-7,9,16H2,1-3H3. The third-order valence-electron chi connectivity index (χ3n) is 4.12. The van der Waals surface area contributed by atoms with Gasteiger partial charge in [0.2, 0.25) is 10.0 Å². The van der Waals surface area contributed by atoms with Crippen molar-refractivity contribution < 1.29 is 13.2 Å². The molecule has 1 aliphatic rings. The van der Waals surface area contributed by atoms with Crippen molar-refractivity contribution in [1.29, 1.82) is 0 Å². The van der Waals surface area contributed by atoms with Crippen LogP contribution in [0.2, 0.25) is 0 Å². The zero-order valence-corrected chi connectivity index (χ0v) is 13.7. The molecular formula is C15H24N2O3S. The third kappa shape index (κ3) is 3.56. The second-order valence-corrected chi connectivity index (χ2v) is 7.41. The summed E-state index contributed by atoms with van der Waals surface area (Å²) in [6.45, 7) is 6.45. The van der Waals surface area contributed by atoms with Crippen LogP contribution in [-0.2, 0) is 14.8 Å². The lowest BCUT2D eigenvalue weighted by Crippen LogP contribution is -2.36. The maximum Gasteiger partial charge on any atom is 0.241 e. The lowest BCUT2D eigenvalue weighted by Gasteiger charge is -2.23. The molecule has 3 N–H and O–H groups in total. The highest BCUT2D eigenvalue weighted by Gasteiger charge is 2.24. The van der Waals surface area contributed by atoms with Crippen LogP contribution in [0.25, 0.3) is 0 Å². The molecule has 1 atom stereocenters. The van der Waals surface area contributed by atoms with Gasteiger partial charge in [0, 0.05) is 18.8 Å². The quantitative estimate of drug-likeness (QED) is 0.834. The fourth-order valence-corrected chi connectivity index (χ4v) is 4.32. The largest absolute Gasteiger partial charge is 0.398 e. The van der Waals surface area contributed by atoms with Crippen molar-refractivity contribution in [2.45, 2.75) is 51.0 Å². The molecule has 118 valence electrons. The highest BCUT2D eigenvalue weighted by molar-refractivity contribution is 7.89. The van der Waals surface area contributed by atoms with E-state index in [1.807, 2.05) is 19.9 Å². The van der Waals surface area contributed by atoms with Gasteiger partial charge >= 0.3 is 0 Å². The first-order valence-electron chi connectivity index (χ1n) is 7.30. The fraction of sp³-hybridized carbons (Fsp3) is 0.600. The van der Waals surface area contributed by atoms with E-state index in [-0.39, 0.29) is 6.10 Å². The topological polar surface area (TPSA) is 81.4 Å². The van der Waals surface area contributed by atoms with Crippen molar-refractivity contribution in [1.82, 2.24) is 4.72 Å². The van der Waals surface area contributed by atoms with Crippen LogP contribution in [0.1, 0.15) is 36.0 Å². The average Bonchev–Trinajstić information content (AvgIpc) is 2.44. The van der Waals surface area contributed by atoms with E-state index in [9.17, 15) is 8.42 Å². The molecule has 1 aliphatic heterocycles. The third-order valence-corrected chi connectivity index (χ3v) is 5.82. The van der Waals surface area contributed by atoms with Gasteiger partial charge in [-0.05, 0) is 62.8 Å². The molecule has 0 aromatic heterocycles. The van der Waals surface area contributed by atoms with Crippen LogP contribution in [0, 0.1) is 20.8 Å². The van der Waals surface area contributed by atoms with Gasteiger partial charge < -0.3 is 10.5 Å². The number of anilines is 1. The van der Waals surface area contributed by atoms with Gasteiger partial charge in [-0.25, -0.2) is 13.1 Å². The second-order valence-electron chi connectivity index (χ2n) is 5.70. The number of hydrogen-bond acceptors (Lipinski definition) is 4. The van der Waals surface area contributed by atoms with Gasteiger partial charge in [-0.15, -0.1) is 0 Å². The molecule has 1 aromatic rings. The summed E-state index contributed by atoms with van der Waals surface area (Å²) in [6, 6.07) is 1.81. The molecular weight excluding hydrogens is 288 g/mol. The summed E-state index contributed by atoms with van der Waals surface area (Å²) in [5, 5.41) is 0. The molecule has 1 fully saturated rings. The number of sulfonamides is 1. The molecule has 6 heteroatoms. The summed E-state index contributed by atoms with van der Waals surface area (Å²) in [6.07, 6.45) is 3.00. The van der Waals surface area contributed by atoms with Gasteiger partial charge in [-0.2, -0.15) is 0 Å². The van der Waals surface area contributed by atoms with Gasteiger partial charge in [0.25, 0.3) is 0 Å². The Morgan fingerprint density at radius 3 is 2.62 bits per heavy atom. The molecule has 5 nitrogen and oxygen atoms in total. The van der Waals surface area contributed by atoms with E-state index in [1.54, 1.807) is 6.92 Å². The number of nitrogens with one attached hydrogen (secondary N) is 1. The molecule has 1 heterocycles. The Kier molecular flexibility index (Phi) is 4.91. The predicted octanol–water partition coefficient (Wildman–Crippen LogP) is 2.04. The number of ether oxygens (including phenoxy) is 1. The number of nitrogen functional groups attached to an aromatic ring is 1. The van der Waals surface area contributed by atoms with E-state index in [2.05, 4.69) is 4.72 Å². The Bertz CT molecular complexity index is 594. The Balaban J connectivity index is 2.23. The Morgan fingerprint density at radius 1 is 1.29 bits per heavy atom. The van der Waals surface area contributed by atoms with E-state index in [0.717, 1.165) is 30.4 Å². The lowest BCUT2D eigenvalue weighted by molar-refractivity contribution is 0.0200. The monoisotopic (exact) mass is 312 g/mol. The molecule has 1 saturated heterocycles. The fourth-order valence-electron chi connectivity index (χ4n) is 2.69. The van der Waals surface area contributed by atoms with Crippen LogP contribution in [0.3, 0.4) is 0 Å². The Morgan fingerprint density at radius 2 is 2.00 bits per heavy atom. The number of hydrogen-bond donors (Lipinski definition) is 2. The minimum absolute atomic E-state index is 0.0312. The second kappa shape index (κ2) is 6.34. The lowest BCUT2D eigenvalue weighted by atomic mass is 10.1. The van der Waals surface area contributed by atoms with Crippen LogP contribution in [0.5, 0.6) is 0 Å². The zero-order valence-electron chi connectivity index (χ0n) is 12.9. The predicted molar refractivity (Wildman–Crippen MR) is 83.8 cm³/mol. The van der Waals surface area contributed by atoms with Gasteiger partial charge in [0.05, 0.1) is 11.0 Å². The van der Waals surface area contributed by atoms with Crippen LogP contribution >= 0.6 is 0 Å². The Labute approximate surface area is 126 Å². The number of nitrogens with two attached hydrogens (primary N) is 1. The van der Waals surface area contributed by atoms with Crippen molar-refractivity contribution in [2.24, 2.45) is 0 Å². The number of aryl methyl sites for hydroxylation is 1. The van der Waals surface area contributed by atoms with E-state index >= 15 is 0 Å². The molecule has 0 aliphatic carbocycles. The maximum absolute atomic E-state index is 12.6. The van der Waals surface area contributed by atoms with E-state index < -0.39 is 10.0 Å². The normalized spacial score (nSPS) is 19.7. The van der Waals surface area contributed by atoms with Gasteiger partial charge in [0.15, 0.2) is 0 Å². The molecule has 0 saturated carbocycles. The maximum atomic E-state index is 12.6. The van der Waals surface area contributed by atoms with Crippen LogP contribution in [0.4, 0.5) is 5.69 Å². The van der Waals surface area contributed by atoms with Crippen molar-refractivity contribution >= 4 is 15.7 Å². The van der Waals surface area contributed by atoms with Crippen LogP contribution in [-0.4, -0.2) is 27.7 Å². The van der Waals surface area contributed by atoms with E-state index in [1.165, 1.54) is 0 Å². The number of benzene rings is 1. The van der Waals surface area contributed by atoms with Gasteiger partial charge in [-0.3, -0.25) is 0 Å². The summed E-state index contributed by atoms with van der Waals surface area (Å²) >= 11 is 0. The summed E-state index contributed by atoms with van der Waals surface area (Å²) in [5.74, 6) is 0.